The minimum atomic E-state index is 0.663. The molecule has 2 aromatic carbocycles. The van der Waals surface area contributed by atoms with Gasteiger partial charge in [-0.05, 0) is 66.9 Å². The predicted molar refractivity (Wildman–Crippen MR) is 115 cm³/mol. The minimum Gasteiger partial charge on any atom is -0.270 e. The maximum atomic E-state index is 9.13. The number of benzene rings is 2. The van der Waals surface area contributed by atoms with Crippen LogP contribution in [0.2, 0.25) is 0 Å². The van der Waals surface area contributed by atoms with Gasteiger partial charge in [-0.1, -0.05) is 30.0 Å². The Bertz CT molecular complexity index is 1190. The van der Waals surface area contributed by atoms with Gasteiger partial charge in [-0.2, -0.15) is 5.26 Å². The lowest BCUT2D eigenvalue weighted by atomic mass is 10.1. The lowest BCUT2D eigenvalue weighted by Crippen LogP contribution is -2.01. The summed E-state index contributed by atoms with van der Waals surface area (Å²) in [5, 5.41) is 18.9. The molecular weight excluding hydrogens is 378 g/mol. The van der Waals surface area contributed by atoms with Crippen LogP contribution in [0.15, 0.2) is 72.1 Å². The largest absolute Gasteiger partial charge is 0.270 e. The molecule has 0 bridgehead atoms. The van der Waals surface area contributed by atoms with Crippen LogP contribution in [0.3, 0.4) is 0 Å². The third-order valence-corrected chi connectivity index (χ3v) is 5.74. The van der Waals surface area contributed by atoms with Gasteiger partial charge in [0.1, 0.15) is 0 Å². The van der Waals surface area contributed by atoms with Gasteiger partial charge in [-0.15, -0.1) is 10.2 Å². The van der Waals surface area contributed by atoms with Crippen molar-refractivity contribution in [2.75, 3.05) is 0 Å². The molecule has 0 unspecified atom stereocenters. The number of rotatable bonds is 5. The second-order valence-corrected chi connectivity index (χ2v) is 7.69. The molecule has 5 nitrogen and oxygen atoms in total. The molecule has 0 saturated heterocycles. The van der Waals surface area contributed by atoms with Crippen LogP contribution in [0.4, 0.5) is 0 Å². The van der Waals surface area contributed by atoms with E-state index in [2.05, 4.69) is 57.9 Å². The van der Waals surface area contributed by atoms with E-state index in [4.69, 9.17) is 5.26 Å². The van der Waals surface area contributed by atoms with E-state index in [-0.39, 0.29) is 0 Å². The highest BCUT2D eigenvalue weighted by molar-refractivity contribution is 7.98. The standard InChI is InChI=1S/C23H19N5S/c1-16-6-7-21(12-17(16)2)28-22(20-8-10-25-11-9-20)26-27-23(28)29-15-19-5-3-4-18(13-19)14-24/h3-13H,15H2,1-2H3. The molecule has 0 fully saturated rings. The molecule has 0 aliphatic heterocycles. The number of thioether (sulfide) groups is 1. The molecule has 29 heavy (non-hydrogen) atoms. The van der Waals surface area contributed by atoms with Crippen molar-refractivity contribution in [3.8, 4) is 23.1 Å². The average molecular weight is 398 g/mol. The number of hydrogen-bond acceptors (Lipinski definition) is 5. The maximum Gasteiger partial charge on any atom is 0.196 e. The Morgan fingerprint density at radius 1 is 0.966 bits per heavy atom. The Hall–Kier alpha value is -3.43. The molecule has 0 aliphatic carbocycles. The third-order valence-electron chi connectivity index (χ3n) is 4.74. The van der Waals surface area contributed by atoms with Crippen LogP contribution >= 0.6 is 11.8 Å². The zero-order valence-corrected chi connectivity index (χ0v) is 17.0. The summed E-state index contributed by atoms with van der Waals surface area (Å²) in [7, 11) is 0. The van der Waals surface area contributed by atoms with Gasteiger partial charge in [0.05, 0.1) is 17.3 Å². The summed E-state index contributed by atoms with van der Waals surface area (Å²) in [6.07, 6.45) is 3.52. The molecule has 0 spiro atoms. The van der Waals surface area contributed by atoms with Crippen LogP contribution in [0.5, 0.6) is 0 Å². The molecule has 4 aromatic rings. The third kappa shape index (κ3) is 4.05. The minimum absolute atomic E-state index is 0.663. The van der Waals surface area contributed by atoms with Crippen LogP contribution < -0.4 is 0 Å². The number of nitriles is 1. The van der Waals surface area contributed by atoms with Gasteiger partial charge in [0.2, 0.25) is 0 Å². The molecule has 0 saturated carbocycles. The van der Waals surface area contributed by atoms with Gasteiger partial charge in [0, 0.05) is 23.7 Å². The Morgan fingerprint density at radius 3 is 2.55 bits per heavy atom. The first-order valence-corrected chi connectivity index (χ1v) is 10.2. The van der Waals surface area contributed by atoms with Crippen molar-refractivity contribution in [3.63, 3.8) is 0 Å². The van der Waals surface area contributed by atoms with Crippen molar-refractivity contribution in [3.05, 3.63) is 89.2 Å². The quantitative estimate of drug-likeness (QED) is 0.438. The van der Waals surface area contributed by atoms with Crippen LogP contribution in [0, 0.1) is 25.2 Å². The van der Waals surface area contributed by atoms with E-state index in [0.717, 1.165) is 27.8 Å². The second-order valence-electron chi connectivity index (χ2n) is 6.75. The van der Waals surface area contributed by atoms with Gasteiger partial charge < -0.3 is 0 Å². The summed E-state index contributed by atoms with van der Waals surface area (Å²) in [5.74, 6) is 1.48. The number of aromatic nitrogens is 4. The monoisotopic (exact) mass is 397 g/mol. The first-order chi connectivity index (χ1) is 14.2. The second kappa shape index (κ2) is 8.29. The van der Waals surface area contributed by atoms with E-state index >= 15 is 0 Å². The fraction of sp³-hybridized carbons (Fsp3) is 0.130. The smallest absolute Gasteiger partial charge is 0.196 e. The molecule has 0 atom stereocenters. The topological polar surface area (TPSA) is 67.4 Å². The molecule has 2 heterocycles. The highest BCUT2D eigenvalue weighted by Gasteiger charge is 2.16. The molecule has 0 amide bonds. The Balaban J connectivity index is 1.74. The Morgan fingerprint density at radius 2 is 1.79 bits per heavy atom. The van der Waals surface area contributed by atoms with Crippen molar-refractivity contribution >= 4 is 11.8 Å². The van der Waals surface area contributed by atoms with Crippen LogP contribution in [0.1, 0.15) is 22.3 Å². The number of nitrogens with zero attached hydrogens (tertiary/aromatic N) is 5. The lowest BCUT2D eigenvalue weighted by molar-refractivity contribution is 0.884. The molecule has 0 aliphatic rings. The van der Waals surface area contributed by atoms with Crippen LogP contribution in [0.25, 0.3) is 17.1 Å². The normalized spacial score (nSPS) is 10.7. The predicted octanol–water partition coefficient (Wildman–Crippen LogP) is 5.11. The van der Waals surface area contributed by atoms with Gasteiger partial charge >= 0.3 is 0 Å². The zero-order chi connectivity index (χ0) is 20.2. The molecule has 142 valence electrons. The average Bonchev–Trinajstić information content (AvgIpc) is 3.19. The van der Waals surface area contributed by atoms with E-state index in [0.29, 0.717) is 11.3 Å². The number of hydrogen-bond donors (Lipinski definition) is 0. The Kier molecular flexibility index (Phi) is 5.41. The summed E-state index contributed by atoms with van der Waals surface area (Å²) >= 11 is 1.60. The van der Waals surface area contributed by atoms with E-state index in [9.17, 15) is 0 Å². The van der Waals surface area contributed by atoms with Crippen LogP contribution in [-0.2, 0) is 5.75 Å². The highest BCUT2D eigenvalue weighted by atomic mass is 32.2. The van der Waals surface area contributed by atoms with E-state index in [1.54, 1.807) is 24.2 Å². The van der Waals surface area contributed by atoms with Crippen molar-refractivity contribution in [2.45, 2.75) is 24.8 Å². The molecular formula is C23H19N5S. The van der Waals surface area contributed by atoms with Gasteiger partial charge in [0.25, 0.3) is 0 Å². The van der Waals surface area contributed by atoms with Crippen molar-refractivity contribution in [1.82, 2.24) is 19.7 Å². The van der Waals surface area contributed by atoms with E-state index in [1.807, 2.05) is 36.4 Å². The molecule has 2 aromatic heterocycles. The van der Waals surface area contributed by atoms with E-state index in [1.165, 1.54) is 11.1 Å². The molecule has 6 heteroatoms. The first-order valence-electron chi connectivity index (χ1n) is 9.21. The molecule has 0 radical (unpaired) electrons. The van der Waals surface area contributed by atoms with E-state index < -0.39 is 0 Å². The van der Waals surface area contributed by atoms with Crippen molar-refractivity contribution in [2.24, 2.45) is 0 Å². The SMILES string of the molecule is Cc1ccc(-n2c(SCc3cccc(C#N)c3)nnc2-c2ccncc2)cc1C. The van der Waals surface area contributed by atoms with Gasteiger partial charge in [-0.25, -0.2) is 0 Å². The molecule has 4 rings (SSSR count). The summed E-state index contributed by atoms with van der Waals surface area (Å²) in [5.41, 5.74) is 6.19. The van der Waals surface area contributed by atoms with Gasteiger partial charge in [0.15, 0.2) is 11.0 Å². The Labute approximate surface area is 174 Å². The summed E-state index contributed by atoms with van der Waals surface area (Å²) < 4.78 is 2.08. The van der Waals surface area contributed by atoms with Gasteiger partial charge in [-0.3, -0.25) is 9.55 Å². The fourth-order valence-electron chi connectivity index (χ4n) is 3.03. The lowest BCUT2D eigenvalue weighted by Gasteiger charge is -2.12. The highest BCUT2D eigenvalue weighted by Crippen LogP contribution is 2.30. The summed E-state index contributed by atoms with van der Waals surface area (Å²) in [4.78, 5) is 4.11. The fourth-order valence-corrected chi connectivity index (χ4v) is 3.92. The molecule has 0 N–H and O–H groups in total. The van der Waals surface area contributed by atoms with Crippen LogP contribution in [-0.4, -0.2) is 19.7 Å². The first kappa shape index (κ1) is 18.9. The maximum absolute atomic E-state index is 9.13. The number of pyridine rings is 1. The zero-order valence-electron chi connectivity index (χ0n) is 16.2. The summed E-state index contributed by atoms with van der Waals surface area (Å²) in [6, 6.07) is 20.1. The number of aryl methyl sites for hydroxylation is 2. The van der Waals surface area contributed by atoms with Crippen molar-refractivity contribution in [1.29, 1.82) is 5.26 Å². The summed E-state index contributed by atoms with van der Waals surface area (Å²) in [6.45, 7) is 4.21. The van der Waals surface area contributed by atoms with Crippen molar-refractivity contribution < 1.29 is 0 Å².